The third kappa shape index (κ3) is 2.25. The van der Waals surface area contributed by atoms with Crippen molar-refractivity contribution in [2.24, 2.45) is 0 Å². The Labute approximate surface area is 117 Å². The van der Waals surface area contributed by atoms with Gasteiger partial charge in [-0.1, -0.05) is 42.0 Å². The number of nitrogens with one attached hydrogen (secondary N) is 1. The first kappa shape index (κ1) is 12.7. The zero-order chi connectivity index (χ0) is 14.1. The summed E-state index contributed by atoms with van der Waals surface area (Å²) in [6.45, 7) is 2.61. The molecule has 0 spiro atoms. The minimum Gasteiger partial charge on any atom is -0.329 e. The van der Waals surface area contributed by atoms with Crippen LogP contribution in [-0.4, -0.2) is 29.9 Å². The fourth-order valence-corrected chi connectivity index (χ4v) is 2.58. The van der Waals surface area contributed by atoms with Gasteiger partial charge in [0.05, 0.1) is 6.54 Å². The van der Waals surface area contributed by atoms with Crippen LogP contribution < -0.4 is 5.32 Å². The first-order valence-electron chi connectivity index (χ1n) is 6.71. The Morgan fingerprint density at radius 3 is 2.80 bits per heavy atom. The van der Waals surface area contributed by atoms with Crippen molar-refractivity contribution < 1.29 is 9.59 Å². The molecule has 0 radical (unpaired) electrons. The van der Waals surface area contributed by atoms with Crippen LogP contribution in [0.15, 0.2) is 36.4 Å². The van der Waals surface area contributed by atoms with Gasteiger partial charge in [-0.3, -0.25) is 9.69 Å². The Morgan fingerprint density at radius 2 is 2.05 bits per heavy atom. The highest BCUT2D eigenvalue weighted by atomic mass is 16.2. The zero-order valence-electron chi connectivity index (χ0n) is 11.3. The largest absolute Gasteiger partial charge is 0.329 e. The third-order valence-corrected chi connectivity index (χ3v) is 3.67. The maximum atomic E-state index is 11.6. The van der Waals surface area contributed by atoms with E-state index < -0.39 is 0 Å². The molecule has 4 nitrogen and oxygen atoms in total. The number of fused-ring (bicyclic) bond motifs is 1. The molecular weight excluding hydrogens is 252 g/mol. The van der Waals surface area contributed by atoms with Crippen LogP contribution in [0.3, 0.4) is 0 Å². The Kier molecular flexibility index (Phi) is 3.14. The van der Waals surface area contributed by atoms with Gasteiger partial charge in [-0.2, -0.15) is 0 Å². The van der Waals surface area contributed by atoms with E-state index in [9.17, 15) is 9.59 Å². The lowest BCUT2D eigenvalue weighted by Gasteiger charge is -2.13. The maximum absolute atomic E-state index is 11.6. The molecule has 2 aromatic carbocycles. The van der Waals surface area contributed by atoms with Crippen molar-refractivity contribution >= 4 is 22.7 Å². The van der Waals surface area contributed by atoms with E-state index in [1.807, 2.05) is 6.07 Å². The first-order valence-corrected chi connectivity index (χ1v) is 6.71. The van der Waals surface area contributed by atoms with Gasteiger partial charge in [0.2, 0.25) is 5.91 Å². The second kappa shape index (κ2) is 4.96. The van der Waals surface area contributed by atoms with Crippen LogP contribution >= 0.6 is 0 Å². The molecule has 0 saturated carbocycles. The van der Waals surface area contributed by atoms with Crippen LogP contribution in [0.2, 0.25) is 0 Å². The monoisotopic (exact) mass is 268 g/mol. The van der Waals surface area contributed by atoms with Gasteiger partial charge in [-0.05, 0) is 29.7 Å². The molecule has 0 bridgehead atoms. The number of hydrogen-bond acceptors (Lipinski definition) is 2. The van der Waals surface area contributed by atoms with Crippen LogP contribution in [-0.2, 0) is 11.2 Å². The summed E-state index contributed by atoms with van der Waals surface area (Å²) < 4.78 is 0. The second-order valence-electron chi connectivity index (χ2n) is 5.10. The summed E-state index contributed by atoms with van der Waals surface area (Å²) in [7, 11) is 0. The minimum atomic E-state index is -0.286. The smallest absolute Gasteiger partial charge is 0.324 e. The molecule has 4 heteroatoms. The highest BCUT2D eigenvalue weighted by Crippen LogP contribution is 2.21. The lowest BCUT2D eigenvalue weighted by Crippen LogP contribution is -2.32. The van der Waals surface area contributed by atoms with Gasteiger partial charge < -0.3 is 5.32 Å². The van der Waals surface area contributed by atoms with E-state index in [1.165, 1.54) is 26.8 Å². The highest BCUT2D eigenvalue weighted by Gasteiger charge is 2.27. The lowest BCUT2D eigenvalue weighted by atomic mass is 10.0. The Hall–Kier alpha value is -2.36. The standard InChI is InChI=1S/C16H16N2O2/c1-11-5-6-12-3-2-4-13(14(12)9-11)7-8-18-15(19)10-17-16(18)20/h2-6,9H,7-8,10H2,1H3,(H,17,20). The molecule has 1 N–H and O–H groups in total. The fraction of sp³-hybridized carbons (Fsp3) is 0.250. The molecule has 1 fully saturated rings. The molecule has 2 aromatic rings. The number of hydrogen-bond donors (Lipinski definition) is 1. The quantitative estimate of drug-likeness (QED) is 0.868. The highest BCUT2D eigenvalue weighted by molar-refractivity contribution is 6.02. The molecule has 0 aliphatic carbocycles. The molecule has 0 unspecified atom stereocenters. The van der Waals surface area contributed by atoms with E-state index in [0.717, 1.165) is 0 Å². The number of imide groups is 1. The molecule has 1 aliphatic heterocycles. The number of aryl methyl sites for hydroxylation is 1. The first-order chi connectivity index (χ1) is 9.65. The Morgan fingerprint density at radius 1 is 1.20 bits per heavy atom. The summed E-state index contributed by atoms with van der Waals surface area (Å²) in [5, 5.41) is 4.92. The number of amides is 3. The van der Waals surface area contributed by atoms with Gasteiger partial charge in [0, 0.05) is 6.54 Å². The van der Waals surface area contributed by atoms with Crippen molar-refractivity contribution in [3.8, 4) is 0 Å². The molecular formula is C16H16N2O2. The molecule has 1 aliphatic rings. The summed E-state index contributed by atoms with van der Waals surface area (Å²) >= 11 is 0. The number of urea groups is 1. The molecule has 3 amide bonds. The van der Waals surface area contributed by atoms with E-state index in [4.69, 9.17) is 0 Å². The molecule has 20 heavy (non-hydrogen) atoms. The van der Waals surface area contributed by atoms with Crippen molar-refractivity contribution in [1.29, 1.82) is 0 Å². The zero-order valence-corrected chi connectivity index (χ0v) is 11.3. The SMILES string of the molecule is Cc1ccc2cccc(CCN3C(=O)CNC3=O)c2c1. The average Bonchev–Trinajstić information content (AvgIpc) is 2.76. The summed E-state index contributed by atoms with van der Waals surface area (Å²) in [5.41, 5.74) is 2.37. The normalized spacial score (nSPS) is 14.9. The molecule has 102 valence electrons. The van der Waals surface area contributed by atoms with Gasteiger partial charge in [0.15, 0.2) is 0 Å². The van der Waals surface area contributed by atoms with E-state index in [2.05, 4.69) is 42.6 Å². The van der Waals surface area contributed by atoms with Gasteiger partial charge in [0.25, 0.3) is 0 Å². The number of carbonyl (C=O) groups is 2. The van der Waals surface area contributed by atoms with Gasteiger partial charge in [0.1, 0.15) is 0 Å². The van der Waals surface area contributed by atoms with Gasteiger partial charge in [-0.25, -0.2) is 4.79 Å². The number of benzene rings is 2. The average molecular weight is 268 g/mol. The summed E-state index contributed by atoms with van der Waals surface area (Å²) in [5.74, 6) is -0.147. The van der Waals surface area contributed by atoms with Crippen LogP contribution in [0.25, 0.3) is 10.8 Å². The van der Waals surface area contributed by atoms with Crippen LogP contribution in [0.5, 0.6) is 0 Å². The van der Waals surface area contributed by atoms with E-state index >= 15 is 0 Å². The van der Waals surface area contributed by atoms with Crippen molar-refractivity contribution in [1.82, 2.24) is 10.2 Å². The van der Waals surface area contributed by atoms with Crippen molar-refractivity contribution in [2.45, 2.75) is 13.3 Å². The third-order valence-electron chi connectivity index (χ3n) is 3.67. The molecule has 0 aromatic heterocycles. The predicted octanol–water partition coefficient (Wildman–Crippen LogP) is 2.24. The maximum Gasteiger partial charge on any atom is 0.324 e. The minimum absolute atomic E-state index is 0.119. The topological polar surface area (TPSA) is 49.4 Å². The van der Waals surface area contributed by atoms with Crippen molar-refractivity contribution in [3.05, 3.63) is 47.5 Å². The molecule has 3 rings (SSSR count). The second-order valence-corrected chi connectivity index (χ2v) is 5.10. The number of nitrogens with zero attached hydrogens (tertiary/aromatic N) is 1. The van der Waals surface area contributed by atoms with Crippen molar-refractivity contribution in [3.63, 3.8) is 0 Å². The summed E-state index contributed by atoms with van der Waals surface area (Å²) in [6, 6.07) is 12.2. The van der Waals surface area contributed by atoms with E-state index in [1.54, 1.807) is 0 Å². The van der Waals surface area contributed by atoms with E-state index in [0.29, 0.717) is 13.0 Å². The summed E-state index contributed by atoms with van der Waals surface area (Å²) in [6.07, 6.45) is 0.681. The van der Waals surface area contributed by atoms with Crippen LogP contribution in [0, 0.1) is 6.92 Å². The number of carbonyl (C=O) groups excluding carboxylic acids is 2. The van der Waals surface area contributed by atoms with Gasteiger partial charge >= 0.3 is 6.03 Å². The lowest BCUT2D eigenvalue weighted by molar-refractivity contribution is -0.124. The van der Waals surface area contributed by atoms with Crippen LogP contribution in [0.4, 0.5) is 4.79 Å². The molecule has 0 atom stereocenters. The predicted molar refractivity (Wildman–Crippen MR) is 77.5 cm³/mol. The Bertz CT molecular complexity index is 678. The van der Waals surface area contributed by atoms with Gasteiger partial charge in [-0.15, -0.1) is 0 Å². The molecule has 1 heterocycles. The Balaban J connectivity index is 1.86. The number of rotatable bonds is 3. The summed E-state index contributed by atoms with van der Waals surface area (Å²) in [4.78, 5) is 24.4. The van der Waals surface area contributed by atoms with Crippen LogP contribution in [0.1, 0.15) is 11.1 Å². The fourth-order valence-electron chi connectivity index (χ4n) is 2.58. The van der Waals surface area contributed by atoms with Crippen molar-refractivity contribution in [2.75, 3.05) is 13.1 Å². The molecule has 1 saturated heterocycles. The van der Waals surface area contributed by atoms with E-state index in [-0.39, 0.29) is 18.5 Å².